The molecule has 0 aliphatic heterocycles. The van der Waals surface area contributed by atoms with E-state index in [0.29, 0.717) is 22.5 Å². The minimum atomic E-state index is -4.70. The minimum absolute atomic E-state index is 0.00724. The van der Waals surface area contributed by atoms with Gasteiger partial charge in [0, 0.05) is 27.1 Å². The predicted molar refractivity (Wildman–Crippen MR) is 291 cm³/mol. The van der Waals surface area contributed by atoms with Gasteiger partial charge < -0.3 is 9.13 Å². The summed E-state index contributed by atoms with van der Waals surface area (Å²) in [5.74, 6) is 0. The maximum atomic E-state index is 15.6. The molecule has 0 unspecified atom stereocenters. The number of hydrogen-bond donors (Lipinski definition) is 0. The summed E-state index contributed by atoms with van der Waals surface area (Å²) in [4.78, 5) is 0. The lowest BCUT2D eigenvalue weighted by atomic mass is 9.94. The van der Waals surface area contributed by atoms with Crippen LogP contribution in [0.5, 0.6) is 0 Å². The standard InChI is InChI=1S/C66H46F3N3/c1-40-15-5-9-19-49(40)44-25-29-54-55-30-26-45(50-20-10-6-16-41(50)2)34-62(55)71(61(54)33-44)60-38-58(53-23-13-14-24-59(53)66(67,68)69)65(37-48(60)39-70)72-63-35-46(51-21-11-7-17-42(51)3)27-31-56(63)57-32-28-47(36-64(57)72)52-22-12-8-18-43(52)4/h5-38H,1-4H3. The molecule has 0 fully saturated rings. The van der Waals surface area contributed by atoms with Crippen LogP contribution in [0, 0.1) is 39.0 Å². The molecule has 72 heavy (non-hydrogen) atoms. The van der Waals surface area contributed by atoms with Crippen LogP contribution in [0.2, 0.25) is 0 Å². The van der Waals surface area contributed by atoms with Gasteiger partial charge in [-0.2, -0.15) is 18.4 Å². The SMILES string of the molecule is Cc1ccccc1-c1ccc2c3ccc(-c4ccccc4C)cc3n(-c3cc(-c4ccccc4C(F)(F)F)c(-n4c5cc(-c6ccccc6C)ccc5c5ccc(-c6ccccc6C)cc54)cc3C#N)c2c1. The van der Waals surface area contributed by atoms with Crippen molar-refractivity contribution < 1.29 is 13.2 Å². The molecule has 12 rings (SSSR count). The molecule has 346 valence electrons. The highest BCUT2D eigenvalue weighted by molar-refractivity contribution is 6.13. The Labute approximate surface area is 415 Å². The molecule has 0 saturated carbocycles. The molecule has 0 atom stereocenters. The van der Waals surface area contributed by atoms with E-state index < -0.39 is 11.7 Å². The van der Waals surface area contributed by atoms with Crippen molar-refractivity contribution in [2.24, 2.45) is 0 Å². The average molecular weight is 938 g/mol. The lowest BCUT2D eigenvalue weighted by molar-refractivity contribution is -0.137. The quantitative estimate of drug-likeness (QED) is 0.157. The molecule has 3 nitrogen and oxygen atoms in total. The molecule has 0 amide bonds. The van der Waals surface area contributed by atoms with E-state index in [1.165, 1.54) is 6.07 Å². The van der Waals surface area contributed by atoms with Gasteiger partial charge >= 0.3 is 6.18 Å². The molecular formula is C66H46F3N3. The van der Waals surface area contributed by atoms with Crippen LogP contribution in [0.3, 0.4) is 0 Å². The summed E-state index contributed by atoms with van der Waals surface area (Å²) in [5.41, 5.74) is 16.6. The number of benzene rings is 10. The van der Waals surface area contributed by atoms with Crippen LogP contribution in [-0.2, 0) is 6.18 Å². The third-order valence-corrected chi connectivity index (χ3v) is 14.6. The van der Waals surface area contributed by atoms with Crippen LogP contribution in [0.15, 0.2) is 206 Å². The number of aromatic nitrogens is 2. The number of aryl methyl sites for hydroxylation is 4. The molecule has 0 bridgehead atoms. The van der Waals surface area contributed by atoms with E-state index in [1.54, 1.807) is 12.1 Å². The Hall–Kier alpha value is -8.92. The topological polar surface area (TPSA) is 33.6 Å². The fourth-order valence-corrected chi connectivity index (χ4v) is 11.0. The highest BCUT2D eigenvalue weighted by Gasteiger charge is 2.35. The number of fused-ring (bicyclic) bond motifs is 6. The second-order valence-electron chi connectivity index (χ2n) is 18.9. The van der Waals surface area contributed by atoms with Crippen LogP contribution < -0.4 is 0 Å². The number of nitrogens with zero attached hydrogens (tertiary/aromatic N) is 3. The first-order valence-electron chi connectivity index (χ1n) is 24.1. The number of nitriles is 1. The number of hydrogen-bond acceptors (Lipinski definition) is 1. The van der Waals surface area contributed by atoms with E-state index in [-0.39, 0.29) is 5.56 Å². The third kappa shape index (κ3) is 7.28. The largest absolute Gasteiger partial charge is 0.417 e. The van der Waals surface area contributed by atoms with Crippen molar-refractivity contribution in [2.45, 2.75) is 33.9 Å². The van der Waals surface area contributed by atoms with Gasteiger partial charge in [0.2, 0.25) is 0 Å². The molecule has 0 N–H and O–H groups in total. The molecule has 2 aromatic heterocycles. The fraction of sp³-hybridized carbons (Fsp3) is 0.0758. The zero-order valence-corrected chi connectivity index (χ0v) is 40.1. The summed E-state index contributed by atoms with van der Waals surface area (Å²) in [6, 6.07) is 70.4. The van der Waals surface area contributed by atoms with Crippen molar-refractivity contribution >= 4 is 43.6 Å². The number of rotatable bonds is 7. The van der Waals surface area contributed by atoms with Crippen molar-refractivity contribution in [3.8, 4) is 73.1 Å². The van der Waals surface area contributed by atoms with Gasteiger partial charge in [0.05, 0.1) is 44.6 Å². The second kappa shape index (κ2) is 17.2. The van der Waals surface area contributed by atoms with Gasteiger partial charge in [0.25, 0.3) is 0 Å². The molecule has 0 aliphatic rings. The molecule has 0 saturated heterocycles. The maximum absolute atomic E-state index is 15.6. The Balaban J connectivity index is 1.24. The van der Waals surface area contributed by atoms with E-state index in [1.807, 2.05) is 60.7 Å². The number of alkyl halides is 3. The Bertz CT molecular complexity index is 4010. The van der Waals surface area contributed by atoms with Crippen LogP contribution in [0.4, 0.5) is 13.2 Å². The minimum Gasteiger partial charge on any atom is -0.309 e. The Morgan fingerprint density at radius 2 is 0.667 bits per heavy atom. The van der Waals surface area contributed by atoms with Crippen LogP contribution in [0.1, 0.15) is 33.4 Å². The van der Waals surface area contributed by atoms with Gasteiger partial charge in [-0.3, -0.25) is 0 Å². The molecule has 0 spiro atoms. The van der Waals surface area contributed by atoms with Crippen molar-refractivity contribution in [3.05, 3.63) is 240 Å². The highest BCUT2D eigenvalue weighted by atomic mass is 19.4. The molecule has 2 heterocycles. The van der Waals surface area contributed by atoms with E-state index in [0.717, 1.165) is 116 Å². The normalized spacial score (nSPS) is 11.8. The Kier molecular flexibility index (Phi) is 10.6. The van der Waals surface area contributed by atoms with E-state index in [2.05, 4.69) is 164 Å². The zero-order valence-electron chi connectivity index (χ0n) is 40.1. The summed E-state index contributed by atoms with van der Waals surface area (Å²) in [7, 11) is 0. The van der Waals surface area contributed by atoms with E-state index in [4.69, 9.17) is 0 Å². The summed E-state index contributed by atoms with van der Waals surface area (Å²) < 4.78 is 51.0. The average Bonchev–Trinajstić information content (AvgIpc) is 3.89. The van der Waals surface area contributed by atoms with Gasteiger partial charge in [0.15, 0.2) is 0 Å². The Morgan fingerprint density at radius 1 is 0.347 bits per heavy atom. The fourth-order valence-electron chi connectivity index (χ4n) is 11.0. The van der Waals surface area contributed by atoms with Crippen LogP contribution in [0.25, 0.3) is 111 Å². The summed E-state index contributed by atoms with van der Waals surface area (Å²) in [6.07, 6.45) is -4.70. The van der Waals surface area contributed by atoms with Crippen LogP contribution >= 0.6 is 0 Å². The van der Waals surface area contributed by atoms with Gasteiger partial charge in [-0.25, -0.2) is 0 Å². The summed E-state index contributed by atoms with van der Waals surface area (Å²) in [5, 5.41) is 15.4. The van der Waals surface area contributed by atoms with Gasteiger partial charge in [-0.05, 0) is 142 Å². The zero-order chi connectivity index (χ0) is 49.4. The summed E-state index contributed by atoms with van der Waals surface area (Å²) >= 11 is 0. The number of halogens is 3. The third-order valence-electron chi connectivity index (χ3n) is 14.6. The second-order valence-corrected chi connectivity index (χ2v) is 18.9. The smallest absolute Gasteiger partial charge is 0.309 e. The van der Waals surface area contributed by atoms with Gasteiger partial charge in [-0.1, -0.05) is 164 Å². The maximum Gasteiger partial charge on any atom is 0.417 e. The first-order chi connectivity index (χ1) is 35.0. The Morgan fingerprint density at radius 3 is 1.00 bits per heavy atom. The molecule has 6 heteroatoms. The molecule has 0 radical (unpaired) electrons. The molecule has 0 aliphatic carbocycles. The van der Waals surface area contributed by atoms with Crippen molar-refractivity contribution in [1.82, 2.24) is 9.13 Å². The molecule has 12 aromatic rings. The van der Waals surface area contributed by atoms with Gasteiger partial charge in [0.1, 0.15) is 6.07 Å². The first kappa shape index (κ1) is 44.3. The van der Waals surface area contributed by atoms with E-state index >= 15 is 13.2 Å². The first-order valence-corrected chi connectivity index (χ1v) is 24.1. The van der Waals surface area contributed by atoms with E-state index in [9.17, 15) is 5.26 Å². The molecule has 10 aromatic carbocycles. The van der Waals surface area contributed by atoms with Crippen molar-refractivity contribution in [1.29, 1.82) is 5.26 Å². The molecular weight excluding hydrogens is 892 g/mol. The van der Waals surface area contributed by atoms with Crippen molar-refractivity contribution in [3.63, 3.8) is 0 Å². The lowest BCUT2D eigenvalue weighted by Gasteiger charge is -2.21. The monoisotopic (exact) mass is 937 g/mol. The summed E-state index contributed by atoms with van der Waals surface area (Å²) in [6.45, 7) is 8.33. The highest BCUT2D eigenvalue weighted by Crippen LogP contribution is 2.46. The lowest BCUT2D eigenvalue weighted by Crippen LogP contribution is -2.09. The predicted octanol–water partition coefficient (Wildman–Crippen LogP) is 18.3. The van der Waals surface area contributed by atoms with Crippen LogP contribution in [-0.4, -0.2) is 9.13 Å². The van der Waals surface area contributed by atoms with Gasteiger partial charge in [-0.15, -0.1) is 0 Å². The van der Waals surface area contributed by atoms with Crippen molar-refractivity contribution in [2.75, 3.05) is 0 Å².